The molecule has 0 radical (unpaired) electrons. The topological polar surface area (TPSA) is 43.4 Å². The lowest BCUT2D eigenvalue weighted by Gasteiger charge is -2.05. The van der Waals surface area contributed by atoms with E-state index >= 15 is 0 Å². The summed E-state index contributed by atoms with van der Waals surface area (Å²) in [7, 11) is 0. The highest BCUT2D eigenvalue weighted by Crippen LogP contribution is 2.03. The Morgan fingerprint density at radius 3 is 2.25 bits per heavy atom. The number of carbonyl (C=O) groups is 2. The number of benzene rings is 1. The summed E-state index contributed by atoms with van der Waals surface area (Å²) in [5.74, 6) is -1.55. The van der Waals surface area contributed by atoms with E-state index in [1.807, 2.05) is 30.3 Å². The fourth-order valence-electron chi connectivity index (χ4n) is 1.03. The molecule has 1 aromatic carbocycles. The highest BCUT2D eigenvalue weighted by atomic mass is 16.5. The summed E-state index contributed by atoms with van der Waals surface area (Å²) in [4.78, 5) is 22.4. The number of esters is 1. The summed E-state index contributed by atoms with van der Waals surface area (Å²) in [6, 6.07) is 9.27. The Labute approximate surface area is 96.4 Å². The molecule has 0 saturated carbocycles. The summed E-state index contributed by atoms with van der Waals surface area (Å²) in [5.41, 5.74) is 0.877. The first kappa shape index (κ1) is 14.4. The molecule has 0 fully saturated rings. The summed E-state index contributed by atoms with van der Waals surface area (Å²) in [5, 5.41) is 0. The van der Waals surface area contributed by atoms with Gasteiger partial charge in [-0.15, -0.1) is 0 Å². The van der Waals surface area contributed by atoms with Crippen LogP contribution in [0.5, 0.6) is 0 Å². The van der Waals surface area contributed by atoms with Crippen LogP contribution in [0.15, 0.2) is 30.3 Å². The van der Waals surface area contributed by atoms with Gasteiger partial charge in [0.25, 0.3) is 0 Å². The van der Waals surface area contributed by atoms with Gasteiger partial charge in [0.1, 0.15) is 6.61 Å². The first-order valence-electron chi connectivity index (χ1n) is 4.86. The number of rotatable bonds is 4. The van der Waals surface area contributed by atoms with Gasteiger partial charge in [-0.05, 0) is 5.56 Å². The molecule has 0 N–H and O–H groups in total. The maximum atomic E-state index is 11.2. The van der Waals surface area contributed by atoms with E-state index in [0.717, 1.165) is 5.56 Å². The van der Waals surface area contributed by atoms with Crippen LogP contribution in [0.2, 0.25) is 0 Å². The molecule has 0 saturated heterocycles. The lowest BCUT2D eigenvalue weighted by Crippen LogP contribution is -2.22. The molecule has 3 heteroatoms. The van der Waals surface area contributed by atoms with Crippen LogP contribution in [0.25, 0.3) is 0 Å². The maximum Gasteiger partial charge on any atom is 0.375 e. The molecule has 3 nitrogen and oxygen atoms in total. The van der Waals surface area contributed by atoms with Gasteiger partial charge in [-0.25, -0.2) is 4.79 Å². The molecule has 1 rings (SSSR count). The summed E-state index contributed by atoms with van der Waals surface area (Å²) in [6.45, 7) is 3.50. The predicted octanol–water partition coefficient (Wildman–Crippen LogP) is 2.59. The van der Waals surface area contributed by atoms with Crippen LogP contribution in [-0.2, 0) is 20.9 Å². The monoisotopic (exact) mass is 222 g/mol. The maximum absolute atomic E-state index is 11.2. The van der Waals surface area contributed by atoms with E-state index in [0.29, 0.717) is 0 Å². The van der Waals surface area contributed by atoms with Gasteiger partial charge in [0.05, 0.1) is 0 Å². The first-order chi connectivity index (χ1) is 7.11. The van der Waals surface area contributed by atoms with Gasteiger partial charge in [0, 0.05) is 5.92 Å². The number of ketones is 1. The minimum Gasteiger partial charge on any atom is -0.455 e. The van der Waals surface area contributed by atoms with Crippen LogP contribution in [0.3, 0.4) is 0 Å². The Hall–Kier alpha value is -1.64. The van der Waals surface area contributed by atoms with E-state index in [1.165, 1.54) is 0 Å². The molecule has 0 aliphatic rings. The fraction of sp³-hybridized carbons (Fsp3) is 0.385. The molecule has 0 unspecified atom stereocenters. The second-order valence-electron chi connectivity index (χ2n) is 3.58. The second-order valence-corrected chi connectivity index (χ2v) is 3.58. The average molecular weight is 222 g/mol. The van der Waals surface area contributed by atoms with Crippen LogP contribution in [0.1, 0.15) is 26.8 Å². The van der Waals surface area contributed by atoms with Crippen LogP contribution < -0.4 is 0 Å². The molecule has 0 bridgehead atoms. The molecular formula is C13H18O3. The van der Waals surface area contributed by atoms with E-state index in [9.17, 15) is 9.59 Å². The molecule has 0 atom stereocenters. The molecule has 16 heavy (non-hydrogen) atoms. The quantitative estimate of drug-likeness (QED) is 0.581. The van der Waals surface area contributed by atoms with Gasteiger partial charge >= 0.3 is 5.97 Å². The van der Waals surface area contributed by atoms with Crippen LogP contribution in [-0.4, -0.2) is 11.8 Å². The zero-order valence-electron chi connectivity index (χ0n) is 8.90. The van der Waals surface area contributed by atoms with Crippen molar-refractivity contribution < 1.29 is 14.3 Å². The van der Waals surface area contributed by atoms with Crippen molar-refractivity contribution in [2.75, 3.05) is 0 Å². The average Bonchev–Trinajstić information content (AvgIpc) is 2.26. The molecular weight excluding hydrogens is 204 g/mol. The third-order valence-corrected chi connectivity index (χ3v) is 1.94. The number of hydrogen-bond donors (Lipinski definition) is 0. The van der Waals surface area contributed by atoms with E-state index in [1.54, 1.807) is 13.8 Å². The summed E-state index contributed by atoms with van der Waals surface area (Å²) < 4.78 is 4.86. The van der Waals surface area contributed by atoms with Gasteiger partial charge in [-0.1, -0.05) is 51.6 Å². The minimum atomic E-state index is -0.756. The molecule has 1 aromatic rings. The lowest BCUT2D eigenvalue weighted by molar-refractivity contribution is -0.156. The Morgan fingerprint density at radius 1 is 1.19 bits per heavy atom. The normalized spacial score (nSPS) is 9.44. The van der Waals surface area contributed by atoms with Gasteiger partial charge in [0.2, 0.25) is 5.78 Å². The van der Waals surface area contributed by atoms with E-state index in [2.05, 4.69) is 0 Å². The zero-order chi connectivity index (χ0) is 11.3. The lowest BCUT2D eigenvalue weighted by atomic mass is 10.1. The van der Waals surface area contributed by atoms with E-state index < -0.39 is 11.8 Å². The van der Waals surface area contributed by atoms with Crippen molar-refractivity contribution in [1.29, 1.82) is 0 Å². The van der Waals surface area contributed by atoms with E-state index in [-0.39, 0.29) is 20.0 Å². The molecule has 0 heterocycles. The molecule has 0 aliphatic carbocycles. The highest BCUT2D eigenvalue weighted by molar-refractivity contribution is 6.34. The van der Waals surface area contributed by atoms with E-state index in [4.69, 9.17) is 4.74 Å². The zero-order valence-corrected chi connectivity index (χ0v) is 8.90. The van der Waals surface area contributed by atoms with Crippen LogP contribution in [0, 0.1) is 5.92 Å². The van der Waals surface area contributed by atoms with Crippen molar-refractivity contribution in [2.45, 2.75) is 27.9 Å². The van der Waals surface area contributed by atoms with Gasteiger partial charge in [-0.3, -0.25) is 4.79 Å². The van der Waals surface area contributed by atoms with Gasteiger partial charge < -0.3 is 4.74 Å². The Bertz CT molecular complexity index is 341. The van der Waals surface area contributed by atoms with Crippen molar-refractivity contribution in [2.24, 2.45) is 5.92 Å². The predicted molar refractivity (Wildman–Crippen MR) is 62.8 cm³/mol. The standard InChI is InChI=1S/C12H14O3.CH4/c1-9(2)11(13)12(14)15-8-10-6-4-3-5-7-10;/h3-7,9H,8H2,1-2H3;1H4. The van der Waals surface area contributed by atoms with Crippen molar-refractivity contribution in [3.05, 3.63) is 35.9 Å². The molecule has 0 aliphatic heterocycles. The largest absolute Gasteiger partial charge is 0.455 e. The highest BCUT2D eigenvalue weighted by Gasteiger charge is 2.18. The fourth-order valence-corrected chi connectivity index (χ4v) is 1.03. The van der Waals surface area contributed by atoms with Crippen LogP contribution >= 0.6 is 0 Å². The number of Topliss-reactive ketones (excluding diaryl/α,β-unsaturated/α-hetero) is 1. The molecule has 0 amide bonds. The third-order valence-electron chi connectivity index (χ3n) is 1.94. The molecule has 88 valence electrons. The van der Waals surface area contributed by atoms with Gasteiger partial charge in [-0.2, -0.15) is 0 Å². The minimum absolute atomic E-state index is 0. The number of ether oxygens (including phenoxy) is 1. The summed E-state index contributed by atoms with van der Waals surface area (Å²) in [6.07, 6.45) is 0. The van der Waals surface area contributed by atoms with Crippen molar-refractivity contribution in [3.63, 3.8) is 0 Å². The van der Waals surface area contributed by atoms with Crippen LogP contribution in [0.4, 0.5) is 0 Å². The van der Waals surface area contributed by atoms with Crippen molar-refractivity contribution in [1.82, 2.24) is 0 Å². The Balaban J connectivity index is 0.00000225. The summed E-state index contributed by atoms with van der Waals surface area (Å²) >= 11 is 0. The molecule has 0 aromatic heterocycles. The SMILES string of the molecule is C.CC(C)C(=O)C(=O)OCc1ccccc1. The Kier molecular flexibility index (Phi) is 6.08. The smallest absolute Gasteiger partial charge is 0.375 e. The number of carbonyl (C=O) groups excluding carboxylic acids is 2. The van der Waals surface area contributed by atoms with Crippen molar-refractivity contribution in [3.8, 4) is 0 Å². The second kappa shape index (κ2) is 6.77. The Morgan fingerprint density at radius 2 is 1.75 bits per heavy atom. The number of hydrogen-bond acceptors (Lipinski definition) is 3. The van der Waals surface area contributed by atoms with Gasteiger partial charge in [0.15, 0.2) is 0 Å². The third kappa shape index (κ3) is 4.26. The first-order valence-corrected chi connectivity index (χ1v) is 4.86. The molecule has 0 spiro atoms. The van der Waals surface area contributed by atoms with Crippen molar-refractivity contribution >= 4 is 11.8 Å².